The Morgan fingerprint density at radius 3 is 2.68 bits per heavy atom. The molecule has 0 fully saturated rings. The molecule has 142 valence electrons. The molecule has 1 aromatic heterocycles. The maximum absolute atomic E-state index is 12.5. The first kappa shape index (κ1) is 18.5. The van der Waals surface area contributed by atoms with Crippen LogP contribution in [0, 0.1) is 6.92 Å². The molecule has 1 atom stereocenters. The van der Waals surface area contributed by atoms with Gasteiger partial charge in [-0.3, -0.25) is 9.59 Å². The number of aromatic nitrogens is 2. The number of nitrogens with zero attached hydrogens (tertiary/aromatic N) is 2. The molecule has 0 bridgehead atoms. The average Bonchev–Trinajstić information content (AvgIpc) is 3.18. The Kier molecular flexibility index (Phi) is 4.83. The van der Waals surface area contributed by atoms with Crippen LogP contribution in [0.2, 0.25) is 10.0 Å². The minimum atomic E-state index is -0.722. The van der Waals surface area contributed by atoms with Gasteiger partial charge in [-0.25, -0.2) is 4.68 Å². The lowest BCUT2D eigenvalue weighted by Crippen LogP contribution is -2.23. The van der Waals surface area contributed by atoms with Crippen LogP contribution in [-0.2, 0) is 9.59 Å². The Morgan fingerprint density at radius 2 is 1.96 bits per heavy atom. The summed E-state index contributed by atoms with van der Waals surface area (Å²) >= 11 is 12.0. The molecule has 0 aliphatic carbocycles. The molecule has 2 amide bonds. The molecule has 1 aliphatic heterocycles. The van der Waals surface area contributed by atoms with Crippen molar-refractivity contribution in [2.45, 2.75) is 19.4 Å². The number of carbonyl (C=O) groups is 2. The molecule has 2 N–H and O–H groups in total. The van der Waals surface area contributed by atoms with Crippen molar-refractivity contribution in [2.24, 2.45) is 0 Å². The lowest BCUT2D eigenvalue weighted by molar-refractivity contribution is -0.123. The average molecular weight is 415 g/mol. The second kappa shape index (κ2) is 7.30. The highest BCUT2D eigenvalue weighted by atomic mass is 35.5. The minimum absolute atomic E-state index is 0.0627. The smallest absolute Gasteiger partial charge is 0.251 e. The maximum atomic E-state index is 12.5. The van der Waals surface area contributed by atoms with Gasteiger partial charge in [0.15, 0.2) is 0 Å². The number of fused-ring (bicyclic) bond motifs is 1. The molecule has 3 aromatic rings. The molecular formula is C20H16Cl2N4O2. The summed E-state index contributed by atoms with van der Waals surface area (Å²) in [6.45, 7) is 2.01. The SMILES string of the molecule is Cc1ccc(-c2cnn3c2NC(=O)C3CC(=O)Nc2ccc(Cl)cc2Cl)cc1. The van der Waals surface area contributed by atoms with Gasteiger partial charge >= 0.3 is 0 Å². The highest BCUT2D eigenvalue weighted by Crippen LogP contribution is 2.36. The fourth-order valence-corrected chi connectivity index (χ4v) is 3.58. The van der Waals surface area contributed by atoms with Crippen molar-refractivity contribution in [2.75, 3.05) is 10.6 Å². The van der Waals surface area contributed by atoms with E-state index >= 15 is 0 Å². The first-order valence-electron chi connectivity index (χ1n) is 8.62. The van der Waals surface area contributed by atoms with Gasteiger partial charge in [-0.2, -0.15) is 5.10 Å². The second-order valence-electron chi connectivity index (χ2n) is 6.60. The van der Waals surface area contributed by atoms with Gasteiger partial charge in [-0.1, -0.05) is 53.0 Å². The second-order valence-corrected chi connectivity index (χ2v) is 7.44. The highest BCUT2D eigenvalue weighted by molar-refractivity contribution is 6.36. The van der Waals surface area contributed by atoms with Crippen molar-refractivity contribution in [3.63, 3.8) is 0 Å². The third kappa shape index (κ3) is 3.48. The summed E-state index contributed by atoms with van der Waals surface area (Å²) < 4.78 is 1.56. The largest absolute Gasteiger partial charge is 0.325 e. The zero-order chi connectivity index (χ0) is 19.8. The van der Waals surface area contributed by atoms with E-state index in [4.69, 9.17) is 23.2 Å². The quantitative estimate of drug-likeness (QED) is 0.649. The van der Waals surface area contributed by atoms with Crippen molar-refractivity contribution < 1.29 is 9.59 Å². The summed E-state index contributed by atoms with van der Waals surface area (Å²) in [7, 11) is 0. The van der Waals surface area contributed by atoms with Gasteiger partial charge in [-0.15, -0.1) is 0 Å². The normalized spacial score (nSPS) is 15.2. The molecular weight excluding hydrogens is 399 g/mol. The van der Waals surface area contributed by atoms with E-state index in [0.29, 0.717) is 21.6 Å². The summed E-state index contributed by atoms with van der Waals surface area (Å²) in [5, 5.41) is 10.7. The third-order valence-corrected chi connectivity index (χ3v) is 5.13. The van der Waals surface area contributed by atoms with E-state index in [2.05, 4.69) is 15.7 Å². The highest BCUT2D eigenvalue weighted by Gasteiger charge is 2.35. The number of aryl methyl sites for hydroxylation is 1. The molecule has 6 nitrogen and oxygen atoms in total. The first-order chi connectivity index (χ1) is 13.4. The van der Waals surface area contributed by atoms with Gasteiger partial charge in [0.2, 0.25) is 5.91 Å². The van der Waals surface area contributed by atoms with Crippen molar-refractivity contribution >= 4 is 46.5 Å². The van der Waals surface area contributed by atoms with Gasteiger partial charge in [0.25, 0.3) is 5.91 Å². The van der Waals surface area contributed by atoms with Crippen LogP contribution in [0.15, 0.2) is 48.7 Å². The van der Waals surface area contributed by atoms with Crippen molar-refractivity contribution in [3.05, 3.63) is 64.3 Å². The van der Waals surface area contributed by atoms with E-state index in [0.717, 1.165) is 16.7 Å². The number of benzene rings is 2. The van der Waals surface area contributed by atoms with Crippen LogP contribution < -0.4 is 10.6 Å². The molecule has 8 heteroatoms. The fourth-order valence-electron chi connectivity index (χ4n) is 3.13. The van der Waals surface area contributed by atoms with Crippen LogP contribution in [0.1, 0.15) is 18.0 Å². The van der Waals surface area contributed by atoms with Gasteiger partial charge in [-0.05, 0) is 30.7 Å². The topological polar surface area (TPSA) is 76.0 Å². The fraction of sp³-hybridized carbons (Fsp3) is 0.150. The predicted octanol–water partition coefficient (Wildman–Crippen LogP) is 4.69. The molecule has 0 saturated carbocycles. The Morgan fingerprint density at radius 1 is 1.21 bits per heavy atom. The monoisotopic (exact) mass is 414 g/mol. The van der Waals surface area contributed by atoms with Crippen molar-refractivity contribution in [1.82, 2.24) is 9.78 Å². The molecule has 4 rings (SSSR count). The number of anilines is 2. The summed E-state index contributed by atoms with van der Waals surface area (Å²) in [5.41, 5.74) is 3.35. The van der Waals surface area contributed by atoms with Gasteiger partial charge in [0.1, 0.15) is 11.9 Å². The van der Waals surface area contributed by atoms with Crippen LogP contribution in [0.5, 0.6) is 0 Å². The van der Waals surface area contributed by atoms with E-state index in [9.17, 15) is 9.59 Å². The number of halogens is 2. The summed E-state index contributed by atoms with van der Waals surface area (Å²) in [5.74, 6) is -0.0189. The van der Waals surface area contributed by atoms with Crippen LogP contribution in [0.3, 0.4) is 0 Å². The molecule has 2 heterocycles. The lowest BCUT2D eigenvalue weighted by Gasteiger charge is -2.11. The molecule has 0 spiro atoms. The summed E-state index contributed by atoms with van der Waals surface area (Å²) in [6.07, 6.45) is 1.63. The molecule has 2 aromatic carbocycles. The first-order valence-corrected chi connectivity index (χ1v) is 9.38. The van der Waals surface area contributed by atoms with Crippen LogP contribution in [-0.4, -0.2) is 21.6 Å². The lowest BCUT2D eigenvalue weighted by atomic mass is 10.1. The minimum Gasteiger partial charge on any atom is -0.325 e. The summed E-state index contributed by atoms with van der Waals surface area (Å²) in [6, 6.07) is 12.0. The molecule has 1 unspecified atom stereocenters. The Hall–Kier alpha value is -2.83. The number of rotatable bonds is 4. The van der Waals surface area contributed by atoms with Crippen molar-refractivity contribution in [1.29, 1.82) is 0 Å². The van der Waals surface area contributed by atoms with Crippen LogP contribution in [0.4, 0.5) is 11.5 Å². The van der Waals surface area contributed by atoms with E-state index in [1.54, 1.807) is 29.1 Å². The number of hydrogen-bond donors (Lipinski definition) is 2. The zero-order valence-corrected chi connectivity index (χ0v) is 16.4. The standard InChI is InChI=1S/C20H16Cl2N4O2/c1-11-2-4-12(5-3-11)14-10-23-26-17(20(28)25-19(14)26)9-18(27)24-16-7-6-13(21)8-15(16)22/h2-8,10,17H,9H2,1H3,(H,24,27)(H,25,28). The molecule has 0 saturated heterocycles. The molecule has 0 radical (unpaired) electrons. The van der Waals surface area contributed by atoms with Crippen LogP contribution >= 0.6 is 23.2 Å². The Balaban J connectivity index is 1.53. The van der Waals surface area contributed by atoms with E-state index < -0.39 is 6.04 Å². The van der Waals surface area contributed by atoms with E-state index in [1.807, 2.05) is 31.2 Å². The number of carbonyl (C=O) groups excluding carboxylic acids is 2. The van der Waals surface area contributed by atoms with Crippen molar-refractivity contribution in [3.8, 4) is 11.1 Å². The molecule has 28 heavy (non-hydrogen) atoms. The Bertz CT molecular complexity index is 1080. The number of hydrogen-bond acceptors (Lipinski definition) is 3. The maximum Gasteiger partial charge on any atom is 0.251 e. The van der Waals surface area contributed by atoms with Gasteiger partial charge in [0, 0.05) is 10.6 Å². The third-order valence-electron chi connectivity index (χ3n) is 4.58. The Labute approximate surface area is 171 Å². The predicted molar refractivity (Wildman–Crippen MR) is 110 cm³/mol. The summed E-state index contributed by atoms with van der Waals surface area (Å²) in [4.78, 5) is 24.9. The van der Waals surface area contributed by atoms with Gasteiger partial charge < -0.3 is 10.6 Å². The van der Waals surface area contributed by atoms with E-state index in [1.165, 1.54) is 0 Å². The van der Waals surface area contributed by atoms with Crippen LogP contribution in [0.25, 0.3) is 11.1 Å². The molecule has 1 aliphatic rings. The van der Waals surface area contributed by atoms with Gasteiger partial charge in [0.05, 0.1) is 23.3 Å². The number of nitrogens with one attached hydrogen (secondary N) is 2. The van der Waals surface area contributed by atoms with E-state index in [-0.39, 0.29) is 18.2 Å². The zero-order valence-electron chi connectivity index (χ0n) is 14.9. The number of amides is 2.